The van der Waals surface area contributed by atoms with Crippen LogP contribution in [0.3, 0.4) is 0 Å². The molecule has 0 aliphatic rings. The molecule has 2 heterocycles. The van der Waals surface area contributed by atoms with Crippen molar-refractivity contribution in [2.75, 3.05) is 5.32 Å². The predicted octanol–water partition coefficient (Wildman–Crippen LogP) is 4.70. The van der Waals surface area contributed by atoms with Gasteiger partial charge >= 0.3 is 0 Å². The molecule has 2 aromatic heterocycles. The maximum atomic E-state index is 12.5. The van der Waals surface area contributed by atoms with Gasteiger partial charge in [0.25, 0.3) is 5.69 Å². The number of nitro groups is 1. The van der Waals surface area contributed by atoms with E-state index in [9.17, 15) is 14.9 Å². The van der Waals surface area contributed by atoms with Crippen LogP contribution < -0.4 is 5.32 Å². The second-order valence-electron chi connectivity index (χ2n) is 7.11. The second kappa shape index (κ2) is 8.49. The van der Waals surface area contributed by atoms with E-state index < -0.39 is 4.92 Å². The Labute approximate surface area is 182 Å². The molecule has 1 N–H and O–H groups in total. The average Bonchev–Trinajstić information content (AvgIpc) is 3.35. The molecule has 4 rings (SSSR count). The predicted molar refractivity (Wildman–Crippen MR) is 120 cm³/mol. The van der Waals surface area contributed by atoms with Crippen LogP contribution in [-0.4, -0.2) is 25.6 Å². The molecular formula is C22H19N5O3S. The van der Waals surface area contributed by atoms with E-state index in [2.05, 4.69) is 15.4 Å². The standard InChI is InChI=1S/C22H19N5O3S/c1-14-3-7-17(8-4-14)19-13-31-22(23-19)26-20(11-15(2)25-26)24-21(28)12-16-5-9-18(10-6-16)27(29)30/h3-11,13H,12H2,1-2H3,(H,24,28). The minimum atomic E-state index is -0.468. The Hall–Kier alpha value is -3.85. The molecule has 4 aromatic rings. The van der Waals surface area contributed by atoms with E-state index >= 15 is 0 Å². The van der Waals surface area contributed by atoms with Crippen LogP contribution in [0.15, 0.2) is 60.0 Å². The fourth-order valence-electron chi connectivity index (χ4n) is 3.06. The summed E-state index contributed by atoms with van der Waals surface area (Å²) in [7, 11) is 0. The lowest BCUT2D eigenvalue weighted by Gasteiger charge is -2.07. The highest BCUT2D eigenvalue weighted by Crippen LogP contribution is 2.26. The van der Waals surface area contributed by atoms with E-state index in [1.165, 1.54) is 29.0 Å². The van der Waals surface area contributed by atoms with Crippen molar-refractivity contribution in [1.82, 2.24) is 14.8 Å². The van der Waals surface area contributed by atoms with Crippen LogP contribution in [0.25, 0.3) is 16.4 Å². The van der Waals surface area contributed by atoms with Gasteiger partial charge in [-0.05, 0) is 19.4 Å². The maximum Gasteiger partial charge on any atom is 0.269 e. The number of hydrogen-bond acceptors (Lipinski definition) is 6. The molecule has 0 aliphatic heterocycles. The number of nitrogens with one attached hydrogen (secondary N) is 1. The third-order valence-electron chi connectivity index (χ3n) is 4.63. The summed E-state index contributed by atoms with van der Waals surface area (Å²) in [4.78, 5) is 27.5. The molecule has 0 radical (unpaired) electrons. The molecular weight excluding hydrogens is 414 g/mol. The summed E-state index contributed by atoms with van der Waals surface area (Å²) in [5, 5.41) is 20.7. The van der Waals surface area contributed by atoms with Crippen molar-refractivity contribution in [3.8, 4) is 16.4 Å². The van der Waals surface area contributed by atoms with Gasteiger partial charge in [-0.25, -0.2) is 4.98 Å². The third-order valence-corrected chi connectivity index (χ3v) is 5.45. The van der Waals surface area contributed by atoms with Crippen molar-refractivity contribution in [2.45, 2.75) is 20.3 Å². The first-order chi connectivity index (χ1) is 14.9. The minimum Gasteiger partial charge on any atom is -0.310 e. The highest BCUT2D eigenvalue weighted by atomic mass is 32.1. The van der Waals surface area contributed by atoms with E-state index in [4.69, 9.17) is 0 Å². The molecule has 0 atom stereocenters. The molecule has 0 bridgehead atoms. The van der Waals surface area contributed by atoms with Gasteiger partial charge in [0, 0.05) is 29.1 Å². The lowest BCUT2D eigenvalue weighted by atomic mass is 10.1. The number of carbonyl (C=O) groups excluding carboxylic acids is 1. The van der Waals surface area contributed by atoms with Gasteiger partial charge in [0.05, 0.1) is 22.7 Å². The number of benzene rings is 2. The van der Waals surface area contributed by atoms with E-state index in [1.54, 1.807) is 22.9 Å². The lowest BCUT2D eigenvalue weighted by molar-refractivity contribution is -0.384. The number of rotatable bonds is 6. The molecule has 9 heteroatoms. The fraction of sp³-hybridized carbons (Fsp3) is 0.136. The average molecular weight is 433 g/mol. The Balaban J connectivity index is 1.51. The Bertz CT molecular complexity index is 1240. The fourth-order valence-corrected chi connectivity index (χ4v) is 3.86. The highest BCUT2D eigenvalue weighted by Gasteiger charge is 2.15. The number of amides is 1. The van der Waals surface area contributed by atoms with Crippen molar-refractivity contribution in [2.24, 2.45) is 0 Å². The number of aryl methyl sites for hydroxylation is 2. The zero-order chi connectivity index (χ0) is 22.0. The van der Waals surface area contributed by atoms with Crippen LogP contribution in [-0.2, 0) is 11.2 Å². The minimum absolute atomic E-state index is 0.00832. The molecule has 8 nitrogen and oxygen atoms in total. The number of aromatic nitrogens is 3. The van der Waals surface area contributed by atoms with Crippen LogP contribution in [0.5, 0.6) is 0 Å². The van der Waals surface area contributed by atoms with Crippen molar-refractivity contribution >= 4 is 28.7 Å². The molecule has 0 spiro atoms. The van der Waals surface area contributed by atoms with Crippen molar-refractivity contribution in [3.63, 3.8) is 0 Å². The normalized spacial score (nSPS) is 10.8. The lowest BCUT2D eigenvalue weighted by Crippen LogP contribution is -2.17. The Morgan fingerprint density at radius 3 is 2.52 bits per heavy atom. The first-order valence-corrected chi connectivity index (χ1v) is 10.4. The number of nitro benzene ring substituents is 1. The Kier molecular flexibility index (Phi) is 5.59. The highest BCUT2D eigenvalue weighted by molar-refractivity contribution is 7.12. The number of nitrogens with zero attached hydrogens (tertiary/aromatic N) is 4. The van der Waals surface area contributed by atoms with Crippen LogP contribution in [0.1, 0.15) is 16.8 Å². The summed E-state index contributed by atoms with van der Waals surface area (Å²) in [5.74, 6) is 0.277. The van der Waals surface area contributed by atoms with Crippen LogP contribution in [0.4, 0.5) is 11.5 Å². The van der Waals surface area contributed by atoms with Gasteiger partial charge in [-0.2, -0.15) is 9.78 Å². The van der Waals surface area contributed by atoms with Gasteiger partial charge < -0.3 is 5.32 Å². The van der Waals surface area contributed by atoms with Crippen LogP contribution in [0, 0.1) is 24.0 Å². The van der Waals surface area contributed by atoms with Crippen LogP contribution in [0.2, 0.25) is 0 Å². The monoisotopic (exact) mass is 433 g/mol. The zero-order valence-corrected chi connectivity index (χ0v) is 17.7. The summed E-state index contributed by atoms with van der Waals surface area (Å²) in [6, 6.07) is 15.8. The van der Waals surface area contributed by atoms with Gasteiger partial charge in [0.15, 0.2) is 0 Å². The topological polar surface area (TPSA) is 103 Å². The molecule has 31 heavy (non-hydrogen) atoms. The van der Waals surface area contributed by atoms with Crippen molar-refractivity contribution in [1.29, 1.82) is 0 Å². The Morgan fingerprint density at radius 2 is 1.84 bits per heavy atom. The molecule has 0 saturated heterocycles. The van der Waals surface area contributed by atoms with Gasteiger partial charge in [-0.15, -0.1) is 11.3 Å². The largest absolute Gasteiger partial charge is 0.310 e. The summed E-state index contributed by atoms with van der Waals surface area (Å²) < 4.78 is 1.62. The number of hydrogen-bond donors (Lipinski definition) is 1. The molecule has 0 saturated carbocycles. The zero-order valence-electron chi connectivity index (χ0n) is 16.9. The second-order valence-corrected chi connectivity index (χ2v) is 7.95. The third kappa shape index (κ3) is 4.67. The number of thiazole rings is 1. The molecule has 156 valence electrons. The van der Waals surface area contributed by atoms with E-state index in [1.807, 2.05) is 43.5 Å². The van der Waals surface area contributed by atoms with Gasteiger partial charge in [0.2, 0.25) is 11.0 Å². The Morgan fingerprint density at radius 1 is 1.13 bits per heavy atom. The molecule has 0 fully saturated rings. The number of carbonyl (C=O) groups is 1. The molecule has 2 aromatic carbocycles. The summed E-state index contributed by atoms with van der Waals surface area (Å²) in [6.07, 6.45) is 0.0920. The summed E-state index contributed by atoms with van der Waals surface area (Å²) >= 11 is 1.44. The van der Waals surface area contributed by atoms with Crippen molar-refractivity contribution in [3.05, 3.63) is 86.9 Å². The molecule has 1 amide bonds. The van der Waals surface area contributed by atoms with E-state index in [0.29, 0.717) is 16.5 Å². The smallest absolute Gasteiger partial charge is 0.269 e. The van der Waals surface area contributed by atoms with Gasteiger partial charge in [-0.3, -0.25) is 14.9 Å². The SMILES string of the molecule is Cc1ccc(-c2csc(-n3nc(C)cc3NC(=O)Cc3ccc([N+](=O)[O-])cc3)n2)cc1. The quantitative estimate of drug-likeness (QED) is 0.351. The maximum absolute atomic E-state index is 12.5. The first kappa shape index (κ1) is 20.4. The summed E-state index contributed by atoms with van der Waals surface area (Å²) in [5.41, 5.74) is 4.46. The number of anilines is 1. The van der Waals surface area contributed by atoms with Gasteiger partial charge in [-0.1, -0.05) is 42.0 Å². The first-order valence-electron chi connectivity index (χ1n) is 9.52. The van der Waals surface area contributed by atoms with Crippen LogP contribution >= 0.6 is 11.3 Å². The van der Waals surface area contributed by atoms with Crippen molar-refractivity contribution < 1.29 is 9.72 Å². The molecule has 0 aliphatic carbocycles. The van der Waals surface area contributed by atoms with E-state index in [-0.39, 0.29) is 18.0 Å². The molecule has 0 unspecified atom stereocenters. The van der Waals surface area contributed by atoms with Gasteiger partial charge in [0.1, 0.15) is 5.82 Å². The number of non-ortho nitro benzene ring substituents is 1. The van der Waals surface area contributed by atoms with E-state index in [0.717, 1.165) is 17.0 Å². The summed E-state index contributed by atoms with van der Waals surface area (Å²) in [6.45, 7) is 3.88.